The zero-order valence-electron chi connectivity index (χ0n) is 20.6. The number of ether oxygens (including phenoxy) is 1. The maximum absolute atomic E-state index is 12.9. The van der Waals surface area contributed by atoms with Crippen molar-refractivity contribution in [2.45, 2.75) is 47.2 Å². The molecule has 0 fully saturated rings. The van der Waals surface area contributed by atoms with Gasteiger partial charge in [-0.15, -0.1) is 0 Å². The van der Waals surface area contributed by atoms with Gasteiger partial charge in [-0.2, -0.15) is 5.10 Å². The van der Waals surface area contributed by atoms with Crippen molar-refractivity contribution in [3.05, 3.63) is 71.5 Å². The Labute approximate surface area is 205 Å². The van der Waals surface area contributed by atoms with Gasteiger partial charge in [0.05, 0.1) is 18.8 Å². The molecule has 0 radical (unpaired) electrons. The smallest absolute Gasteiger partial charge is 0.257 e. The summed E-state index contributed by atoms with van der Waals surface area (Å²) in [5.41, 5.74) is 3.70. The second kappa shape index (κ2) is 12.4. The van der Waals surface area contributed by atoms with Crippen LogP contribution in [0.5, 0.6) is 5.75 Å². The van der Waals surface area contributed by atoms with Crippen molar-refractivity contribution in [2.24, 2.45) is 4.99 Å². The number of aryl methyl sites for hydroxylation is 2. The van der Waals surface area contributed by atoms with Crippen LogP contribution < -0.4 is 20.7 Å². The molecule has 0 bridgehead atoms. The highest BCUT2D eigenvalue weighted by Gasteiger charge is 2.11. The van der Waals surface area contributed by atoms with Gasteiger partial charge in [-0.3, -0.25) is 19.6 Å². The van der Waals surface area contributed by atoms with Crippen LogP contribution in [-0.2, 0) is 17.9 Å². The first-order valence-corrected chi connectivity index (χ1v) is 11.6. The van der Waals surface area contributed by atoms with E-state index in [2.05, 4.69) is 33.0 Å². The van der Waals surface area contributed by atoms with Crippen LogP contribution in [0, 0.1) is 6.92 Å². The van der Waals surface area contributed by atoms with Gasteiger partial charge in [-0.1, -0.05) is 6.92 Å². The Kier molecular flexibility index (Phi) is 9.00. The van der Waals surface area contributed by atoms with Crippen molar-refractivity contribution >= 4 is 29.1 Å². The summed E-state index contributed by atoms with van der Waals surface area (Å²) in [4.78, 5) is 28.8. The molecular weight excluding hydrogens is 444 g/mol. The van der Waals surface area contributed by atoms with Gasteiger partial charge in [-0.25, -0.2) is 4.99 Å². The fraction of sp³-hybridized carbons (Fsp3) is 0.308. The van der Waals surface area contributed by atoms with E-state index in [0.29, 0.717) is 30.4 Å². The Morgan fingerprint density at radius 2 is 1.66 bits per heavy atom. The van der Waals surface area contributed by atoms with Crippen molar-refractivity contribution < 1.29 is 14.3 Å². The molecule has 2 aromatic carbocycles. The SMILES string of the molecule is CCCn1cc(CN=C(NC(=O)c2ccc(NC(C)=O)cc2)Nc2ccc(OCC)cc2)c(C)n1. The molecule has 184 valence electrons. The summed E-state index contributed by atoms with van der Waals surface area (Å²) in [6, 6.07) is 14.1. The van der Waals surface area contributed by atoms with Crippen molar-refractivity contribution in [1.29, 1.82) is 0 Å². The number of nitrogens with one attached hydrogen (secondary N) is 3. The summed E-state index contributed by atoms with van der Waals surface area (Å²) >= 11 is 0. The van der Waals surface area contributed by atoms with E-state index >= 15 is 0 Å². The molecule has 0 spiro atoms. The number of carbonyl (C=O) groups is 2. The van der Waals surface area contributed by atoms with Gasteiger partial charge in [0.15, 0.2) is 0 Å². The summed E-state index contributed by atoms with van der Waals surface area (Å²) in [5.74, 6) is 0.579. The minimum absolute atomic E-state index is 0.172. The third-order valence-electron chi connectivity index (χ3n) is 5.04. The molecule has 0 aliphatic rings. The molecule has 0 aliphatic carbocycles. The van der Waals surface area contributed by atoms with Gasteiger partial charge in [0.25, 0.3) is 5.91 Å². The van der Waals surface area contributed by atoms with Crippen LogP contribution in [0.2, 0.25) is 0 Å². The highest BCUT2D eigenvalue weighted by molar-refractivity contribution is 6.10. The molecule has 0 atom stereocenters. The topological polar surface area (TPSA) is 110 Å². The van der Waals surface area contributed by atoms with Gasteiger partial charge in [0, 0.05) is 42.2 Å². The van der Waals surface area contributed by atoms with E-state index in [1.54, 1.807) is 24.3 Å². The number of hydrogen-bond acceptors (Lipinski definition) is 5. The second-order valence-corrected chi connectivity index (χ2v) is 7.96. The van der Waals surface area contributed by atoms with Crippen molar-refractivity contribution in [3.8, 4) is 5.75 Å². The van der Waals surface area contributed by atoms with Crippen LogP contribution in [0.15, 0.2) is 59.7 Å². The molecule has 3 aromatic rings. The Morgan fingerprint density at radius 3 is 2.29 bits per heavy atom. The van der Waals surface area contributed by atoms with Gasteiger partial charge in [0.1, 0.15) is 5.75 Å². The third kappa shape index (κ3) is 7.70. The molecule has 35 heavy (non-hydrogen) atoms. The molecule has 1 aromatic heterocycles. The minimum Gasteiger partial charge on any atom is -0.494 e. The Balaban J connectivity index is 1.78. The lowest BCUT2D eigenvalue weighted by atomic mass is 10.2. The number of amides is 2. The van der Waals surface area contributed by atoms with Crippen molar-refractivity contribution in [2.75, 3.05) is 17.2 Å². The molecule has 0 saturated carbocycles. The summed E-state index contributed by atoms with van der Waals surface area (Å²) in [6.45, 7) is 9.20. The molecule has 0 saturated heterocycles. The van der Waals surface area contributed by atoms with E-state index in [9.17, 15) is 9.59 Å². The normalized spacial score (nSPS) is 11.1. The first-order chi connectivity index (χ1) is 16.9. The van der Waals surface area contributed by atoms with E-state index in [4.69, 9.17) is 4.74 Å². The Bertz CT molecular complexity index is 1170. The number of carbonyl (C=O) groups excluding carboxylic acids is 2. The summed E-state index contributed by atoms with van der Waals surface area (Å²) in [7, 11) is 0. The predicted octanol–water partition coefficient (Wildman–Crippen LogP) is 4.36. The minimum atomic E-state index is -0.324. The van der Waals surface area contributed by atoms with Crippen LogP contribution in [0.4, 0.5) is 11.4 Å². The molecule has 3 N–H and O–H groups in total. The number of aliphatic imine (C=N–C) groups is 1. The molecule has 0 unspecified atom stereocenters. The van der Waals surface area contributed by atoms with Crippen LogP contribution in [0.25, 0.3) is 0 Å². The molecular formula is C26H32N6O3. The zero-order chi connectivity index (χ0) is 25.2. The highest BCUT2D eigenvalue weighted by atomic mass is 16.5. The second-order valence-electron chi connectivity index (χ2n) is 7.96. The Hall–Kier alpha value is -4.14. The molecule has 3 rings (SSSR count). The lowest BCUT2D eigenvalue weighted by molar-refractivity contribution is -0.114. The molecule has 2 amide bonds. The first-order valence-electron chi connectivity index (χ1n) is 11.6. The monoisotopic (exact) mass is 476 g/mol. The van der Waals surface area contributed by atoms with Crippen molar-refractivity contribution in [3.63, 3.8) is 0 Å². The van der Waals surface area contributed by atoms with Gasteiger partial charge >= 0.3 is 0 Å². The number of hydrogen-bond donors (Lipinski definition) is 3. The van der Waals surface area contributed by atoms with Gasteiger partial charge in [-0.05, 0) is 68.8 Å². The van der Waals surface area contributed by atoms with E-state index in [1.807, 2.05) is 49.0 Å². The maximum atomic E-state index is 12.9. The lowest BCUT2D eigenvalue weighted by Gasteiger charge is -2.13. The standard InChI is InChI=1S/C26H32N6O3/c1-5-15-32-17-21(18(3)31-32)16-27-26(29-23-11-13-24(14-12-23)35-6-2)30-25(34)20-7-9-22(10-8-20)28-19(4)33/h7-14,17H,5-6,15-16H2,1-4H3,(H,28,33)(H2,27,29,30,34). The van der Waals surface area contributed by atoms with E-state index < -0.39 is 0 Å². The van der Waals surface area contributed by atoms with Crippen LogP contribution >= 0.6 is 0 Å². The van der Waals surface area contributed by atoms with Crippen LogP contribution in [0.3, 0.4) is 0 Å². The average molecular weight is 477 g/mol. The van der Waals surface area contributed by atoms with Crippen molar-refractivity contribution in [1.82, 2.24) is 15.1 Å². The zero-order valence-corrected chi connectivity index (χ0v) is 20.6. The summed E-state index contributed by atoms with van der Waals surface area (Å²) in [6.07, 6.45) is 2.98. The third-order valence-corrected chi connectivity index (χ3v) is 5.04. The molecule has 0 aliphatic heterocycles. The van der Waals surface area contributed by atoms with Gasteiger partial charge in [0.2, 0.25) is 11.9 Å². The fourth-order valence-corrected chi connectivity index (χ4v) is 3.36. The lowest BCUT2D eigenvalue weighted by Crippen LogP contribution is -2.36. The number of guanidine groups is 1. The fourth-order valence-electron chi connectivity index (χ4n) is 3.36. The van der Waals surface area contributed by atoms with E-state index in [-0.39, 0.29) is 11.8 Å². The number of nitrogens with zero attached hydrogens (tertiary/aromatic N) is 3. The van der Waals surface area contributed by atoms with E-state index in [1.165, 1.54) is 6.92 Å². The number of aromatic nitrogens is 2. The molecule has 9 heteroatoms. The number of anilines is 2. The maximum Gasteiger partial charge on any atom is 0.257 e. The number of benzene rings is 2. The summed E-state index contributed by atoms with van der Waals surface area (Å²) in [5, 5.41) is 13.3. The summed E-state index contributed by atoms with van der Waals surface area (Å²) < 4.78 is 7.41. The average Bonchev–Trinajstić information content (AvgIpc) is 3.18. The van der Waals surface area contributed by atoms with Crippen LogP contribution in [0.1, 0.15) is 48.8 Å². The Morgan fingerprint density at radius 1 is 1.00 bits per heavy atom. The predicted molar refractivity (Wildman–Crippen MR) is 138 cm³/mol. The highest BCUT2D eigenvalue weighted by Crippen LogP contribution is 2.16. The van der Waals surface area contributed by atoms with Crippen LogP contribution in [-0.4, -0.2) is 34.2 Å². The number of rotatable bonds is 9. The molecule has 9 nitrogen and oxygen atoms in total. The molecule has 1 heterocycles. The van der Waals surface area contributed by atoms with Gasteiger partial charge < -0.3 is 15.4 Å². The largest absolute Gasteiger partial charge is 0.494 e. The van der Waals surface area contributed by atoms with E-state index in [0.717, 1.165) is 35.7 Å². The quantitative estimate of drug-likeness (QED) is 0.314. The first kappa shape index (κ1) is 25.5.